The van der Waals surface area contributed by atoms with Crippen LogP contribution in [0.2, 0.25) is 0 Å². The Morgan fingerprint density at radius 1 is 1.17 bits per heavy atom. The fourth-order valence-electron chi connectivity index (χ4n) is 2.25. The van der Waals surface area contributed by atoms with E-state index in [1.165, 1.54) is 0 Å². The Balaban J connectivity index is 2.77. The second kappa shape index (κ2) is 6.98. The zero-order valence-electron chi connectivity index (χ0n) is 10.7. The van der Waals surface area contributed by atoms with Crippen LogP contribution < -0.4 is 5.73 Å². The number of amides is 3. The van der Waals surface area contributed by atoms with Crippen molar-refractivity contribution in [3.63, 3.8) is 0 Å². The quantitative estimate of drug-likeness (QED) is 0.456. The first-order valence-electron chi connectivity index (χ1n) is 6.37. The van der Waals surface area contributed by atoms with Crippen molar-refractivity contribution in [3.05, 3.63) is 0 Å². The van der Waals surface area contributed by atoms with Crippen LogP contribution in [0.4, 0.5) is 4.79 Å². The van der Waals surface area contributed by atoms with Crippen LogP contribution in [0.15, 0.2) is 0 Å². The van der Waals surface area contributed by atoms with Crippen molar-refractivity contribution in [2.24, 2.45) is 5.73 Å². The van der Waals surface area contributed by atoms with Crippen molar-refractivity contribution in [3.8, 4) is 0 Å². The molecule has 0 aliphatic heterocycles. The van der Waals surface area contributed by atoms with Crippen LogP contribution in [0.5, 0.6) is 0 Å². The fraction of sp³-hybridized carbons (Fsp3) is 0.750. The zero-order valence-corrected chi connectivity index (χ0v) is 10.7. The summed E-state index contributed by atoms with van der Waals surface area (Å²) in [5.74, 6) is -1.96. The van der Waals surface area contributed by atoms with Gasteiger partial charge in [-0.1, -0.05) is 25.7 Å². The summed E-state index contributed by atoms with van der Waals surface area (Å²) in [6.45, 7) is 1.70. The molecule has 18 heavy (non-hydrogen) atoms. The molecule has 6 nitrogen and oxygen atoms in total. The molecule has 1 aliphatic carbocycles. The lowest BCUT2D eigenvalue weighted by Crippen LogP contribution is -2.50. The number of ether oxygens (including phenoxy) is 1. The largest absolute Gasteiger partial charge is 0.459 e. The van der Waals surface area contributed by atoms with Gasteiger partial charge in [0.2, 0.25) is 0 Å². The Morgan fingerprint density at radius 2 is 1.72 bits per heavy atom. The Bertz CT molecular complexity index is 322. The highest BCUT2D eigenvalue weighted by Crippen LogP contribution is 2.22. The average molecular weight is 256 g/mol. The maximum atomic E-state index is 11.8. The number of hydrogen-bond donors (Lipinski definition) is 1. The Morgan fingerprint density at radius 3 is 2.17 bits per heavy atom. The molecule has 1 aliphatic rings. The molecule has 0 atom stereocenters. The van der Waals surface area contributed by atoms with E-state index >= 15 is 0 Å². The first-order chi connectivity index (χ1) is 8.57. The molecule has 0 aromatic carbocycles. The van der Waals surface area contributed by atoms with Crippen LogP contribution in [-0.4, -0.2) is 35.5 Å². The van der Waals surface area contributed by atoms with Crippen LogP contribution in [0, 0.1) is 0 Å². The molecule has 0 unspecified atom stereocenters. The van der Waals surface area contributed by atoms with Crippen molar-refractivity contribution >= 4 is 17.9 Å². The Kier molecular flexibility index (Phi) is 5.61. The number of esters is 1. The molecule has 0 radical (unpaired) electrons. The molecule has 102 valence electrons. The van der Waals surface area contributed by atoms with E-state index in [9.17, 15) is 14.4 Å². The summed E-state index contributed by atoms with van der Waals surface area (Å²) in [6, 6.07) is -1.15. The predicted molar refractivity (Wildman–Crippen MR) is 64.6 cm³/mol. The summed E-state index contributed by atoms with van der Waals surface area (Å²) < 4.78 is 4.62. The standard InChI is InChI=1S/C12H20N2O4/c1-2-18-11(16)10(15)14(12(13)17)9-7-5-3-4-6-8-9/h9H,2-8H2,1H3,(H2,13,17). The molecule has 0 bridgehead atoms. The van der Waals surface area contributed by atoms with Gasteiger partial charge in [0.15, 0.2) is 0 Å². The molecule has 1 rings (SSSR count). The maximum absolute atomic E-state index is 11.8. The molecule has 6 heteroatoms. The van der Waals surface area contributed by atoms with Gasteiger partial charge >= 0.3 is 17.9 Å². The molecule has 1 fully saturated rings. The van der Waals surface area contributed by atoms with Gasteiger partial charge in [0.05, 0.1) is 6.61 Å². The molecule has 2 N–H and O–H groups in total. The molecule has 3 amide bonds. The summed E-state index contributed by atoms with van der Waals surface area (Å²) in [6.07, 6.45) is 5.44. The topological polar surface area (TPSA) is 89.7 Å². The van der Waals surface area contributed by atoms with Gasteiger partial charge in [0, 0.05) is 6.04 Å². The van der Waals surface area contributed by atoms with E-state index in [0.29, 0.717) is 12.8 Å². The molecular formula is C12H20N2O4. The number of urea groups is 1. The lowest BCUT2D eigenvalue weighted by atomic mass is 10.1. The summed E-state index contributed by atoms with van der Waals surface area (Å²) in [4.78, 5) is 35.5. The van der Waals surface area contributed by atoms with Crippen LogP contribution in [0.1, 0.15) is 45.4 Å². The van der Waals surface area contributed by atoms with E-state index in [2.05, 4.69) is 4.74 Å². The highest BCUT2D eigenvalue weighted by atomic mass is 16.5. The van der Waals surface area contributed by atoms with Gasteiger partial charge in [-0.2, -0.15) is 0 Å². The minimum Gasteiger partial charge on any atom is -0.459 e. The summed E-state index contributed by atoms with van der Waals surface area (Å²) in [7, 11) is 0. The van der Waals surface area contributed by atoms with Crippen molar-refractivity contribution in [2.75, 3.05) is 6.61 Å². The van der Waals surface area contributed by atoms with Gasteiger partial charge in [-0.3, -0.25) is 9.69 Å². The van der Waals surface area contributed by atoms with Gasteiger partial charge in [-0.15, -0.1) is 0 Å². The van der Waals surface area contributed by atoms with Crippen LogP contribution in [0.25, 0.3) is 0 Å². The van der Waals surface area contributed by atoms with Crippen LogP contribution in [-0.2, 0) is 14.3 Å². The number of imide groups is 1. The van der Waals surface area contributed by atoms with E-state index < -0.39 is 17.9 Å². The van der Waals surface area contributed by atoms with E-state index in [4.69, 9.17) is 5.73 Å². The van der Waals surface area contributed by atoms with Gasteiger partial charge < -0.3 is 10.5 Å². The SMILES string of the molecule is CCOC(=O)C(=O)N(C(N)=O)C1CCCCCC1. The number of carbonyl (C=O) groups excluding carboxylic acids is 3. The number of primary amides is 1. The minimum atomic E-state index is -1.01. The lowest BCUT2D eigenvalue weighted by molar-refractivity contribution is -0.159. The predicted octanol–water partition coefficient (Wildman–Crippen LogP) is 1.18. The number of nitrogens with zero attached hydrogens (tertiary/aromatic N) is 1. The van der Waals surface area contributed by atoms with Crippen LogP contribution in [0.3, 0.4) is 0 Å². The number of carbonyl (C=O) groups is 3. The average Bonchev–Trinajstić information content (AvgIpc) is 2.58. The fourth-order valence-corrected chi connectivity index (χ4v) is 2.25. The summed E-state index contributed by atoms with van der Waals surface area (Å²) in [5, 5.41) is 0. The molecular weight excluding hydrogens is 236 g/mol. The minimum absolute atomic E-state index is 0.0990. The van der Waals surface area contributed by atoms with Gasteiger partial charge in [-0.25, -0.2) is 9.59 Å². The molecule has 0 heterocycles. The smallest absolute Gasteiger partial charge is 0.397 e. The zero-order chi connectivity index (χ0) is 13.5. The number of rotatable bonds is 2. The van der Waals surface area contributed by atoms with E-state index in [1.54, 1.807) is 6.92 Å². The third kappa shape index (κ3) is 3.72. The number of nitrogens with two attached hydrogens (primary N) is 1. The summed E-state index contributed by atoms with van der Waals surface area (Å²) in [5.41, 5.74) is 5.21. The van der Waals surface area contributed by atoms with E-state index in [0.717, 1.165) is 30.6 Å². The Hall–Kier alpha value is -1.59. The third-order valence-corrected chi connectivity index (χ3v) is 3.10. The highest BCUT2D eigenvalue weighted by Gasteiger charge is 2.33. The molecule has 0 saturated heterocycles. The van der Waals surface area contributed by atoms with E-state index in [1.807, 2.05) is 0 Å². The van der Waals surface area contributed by atoms with Crippen molar-refractivity contribution in [2.45, 2.75) is 51.5 Å². The van der Waals surface area contributed by atoms with Crippen molar-refractivity contribution in [1.82, 2.24) is 4.90 Å². The molecule has 0 spiro atoms. The second-order valence-corrected chi connectivity index (χ2v) is 4.38. The lowest BCUT2D eigenvalue weighted by Gasteiger charge is -2.26. The summed E-state index contributed by atoms with van der Waals surface area (Å²) >= 11 is 0. The third-order valence-electron chi connectivity index (χ3n) is 3.10. The monoisotopic (exact) mass is 256 g/mol. The normalized spacial score (nSPS) is 16.7. The van der Waals surface area contributed by atoms with Crippen LogP contribution >= 0.6 is 0 Å². The second-order valence-electron chi connectivity index (χ2n) is 4.38. The molecule has 1 saturated carbocycles. The van der Waals surface area contributed by atoms with Gasteiger partial charge in [-0.05, 0) is 19.8 Å². The first kappa shape index (κ1) is 14.5. The van der Waals surface area contributed by atoms with Crippen molar-refractivity contribution in [1.29, 1.82) is 0 Å². The van der Waals surface area contributed by atoms with Gasteiger partial charge in [0.25, 0.3) is 0 Å². The van der Waals surface area contributed by atoms with Gasteiger partial charge in [0.1, 0.15) is 0 Å². The van der Waals surface area contributed by atoms with E-state index in [-0.39, 0.29) is 12.6 Å². The number of hydrogen-bond acceptors (Lipinski definition) is 4. The molecule has 0 aromatic heterocycles. The highest BCUT2D eigenvalue weighted by molar-refractivity contribution is 6.35. The first-order valence-corrected chi connectivity index (χ1v) is 6.37. The maximum Gasteiger partial charge on any atom is 0.397 e. The molecule has 0 aromatic rings. The van der Waals surface area contributed by atoms with Crippen molar-refractivity contribution < 1.29 is 19.1 Å². The Labute approximate surface area is 106 Å².